The van der Waals surface area contributed by atoms with Crippen molar-refractivity contribution in [3.63, 3.8) is 0 Å². The molecule has 3 fully saturated rings. The van der Waals surface area contributed by atoms with Crippen LogP contribution in [-0.4, -0.2) is 65.3 Å². The Hall–Kier alpha value is -3.40. The van der Waals surface area contributed by atoms with Crippen molar-refractivity contribution in [2.75, 3.05) is 7.11 Å². The molecule has 0 amide bonds. The van der Waals surface area contributed by atoms with Gasteiger partial charge in [-0.3, -0.25) is 19.3 Å². The molecule has 1 aromatic carbocycles. The molecular weight excluding hydrogens is 442 g/mol. The summed E-state index contributed by atoms with van der Waals surface area (Å²) in [6.07, 6.45) is 2.21. The van der Waals surface area contributed by atoms with Crippen LogP contribution in [0.4, 0.5) is 0 Å². The molecule has 5 aliphatic rings. The molecule has 1 aromatic rings. The normalized spacial score (nSPS) is 37.4. The van der Waals surface area contributed by atoms with E-state index in [4.69, 9.17) is 19.8 Å². The predicted molar refractivity (Wildman–Crippen MR) is 116 cm³/mol. The SMILES string of the molecule is COC(=O)[C@]12C(=O)CCC(=O)C13CCC1CC2C(=N)C[C@@H](OC(=O)c2ccccc2)/[C]=N\ON13. The highest BCUT2D eigenvalue weighted by Gasteiger charge is 2.79. The number of piperidine rings is 1. The van der Waals surface area contributed by atoms with E-state index < -0.39 is 40.7 Å². The largest absolute Gasteiger partial charge is 0.468 e. The number of rotatable bonds is 3. The average molecular weight is 466 g/mol. The van der Waals surface area contributed by atoms with Crippen molar-refractivity contribution < 1.29 is 33.6 Å². The van der Waals surface area contributed by atoms with Gasteiger partial charge in [0.05, 0.1) is 18.7 Å². The van der Waals surface area contributed by atoms with Gasteiger partial charge in [-0.05, 0) is 31.4 Å². The summed E-state index contributed by atoms with van der Waals surface area (Å²) in [5.41, 5.74) is -3.18. The van der Waals surface area contributed by atoms with Gasteiger partial charge in [-0.1, -0.05) is 28.4 Å². The van der Waals surface area contributed by atoms with Crippen LogP contribution in [0.2, 0.25) is 0 Å². The summed E-state index contributed by atoms with van der Waals surface area (Å²) in [6.45, 7) is 0. The Morgan fingerprint density at radius 2 is 1.94 bits per heavy atom. The number of nitrogens with zero attached hydrogens (tertiary/aromatic N) is 2. The van der Waals surface area contributed by atoms with Gasteiger partial charge in [-0.2, -0.15) is 0 Å². The van der Waals surface area contributed by atoms with Gasteiger partial charge >= 0.3 is 11.9 Å². The van der Waals surface area contributed by atoms with E-state index in [1.54, 1.807) is 30.3 Å². The average Bonchev–Trinajstić information content (AvgIpc) is 3.11. The Balaban J connectivity index is 1.57. The lowest BCUT2D eigenvalue weighted by Gasteiger charge is -2.56. The van der Waals surface area contributed by atoms with E-state index in [0.29, 0.717) is 12.0 Å². The number of carbonyl (C=O) groups excluding carboxylic acids is 4. The molecule has 6 rings (SSSR count). The number of fused-ring (bicyclic) bond motifs is 4. The summed E-state index contributed by atoms with van der Waals surface area (Å²) >= 11 is 0. The van der Waals surface area contributed by atoms with E-state index in [9.17, 15) is 19.2 Å². The van der Waals surface area contributed by atoms with E-state index >= 15 is 0 Å². The number of hydrogen-bond acceptors (Lipinski definition) is 10. The molecule has 6 atom stereocenters. The Labute approximate surface area is 195 Å². The predicted octanol–water partition coefficient (Wildman–Crippen LogP) is 1.74. The first-order chi connectivity index (χ1) is 16.4. The Kier molecular flexibility index (Phi) is 5.35. The first-order valence-electron chi connectivity index (χ1n) is 11.3. The Morgan fingerprint density at radius 3 is 2.68 bits per heavy atom. The van der Waals surface area contributed by atoms with Crippen LogP contribution < -0.4 is 0 Å². The number of hydrogen-bond donors (Lipinski definition) is 1. The molecule has 4 unspecified atom stereocenters. The topological polar surface area (TPSA) is 135 Å². The van der Waals surface area contributed by atoms with Crippen molar-refractivity contribution >= 4 is 35.4 Å². The summed E-state index contributed by atoms with van der Waals surface area (Å²) in [4.78, 5) is 58.6. The van der Waals surface area contributed by atoms with Gasteiger partial charge in [0.15, 0.2) is 29.3 Å². The molecule has 10 heteroatoms. The molecule has 1 radical (unpaired) electrons. The maximum atomic E-state index is 13.6. The van der Waals surface area contributed by atoms with Gasteiger partial charge in [0.25, 0.3) is 0 Å². The number of benzene rings is 1. The van der Waals surface area contributed by atoms with Crippen LogP contribution in [0.15, 0.2) is 35.5 Å². The van der Waals surface area contributed by atoms with Gasteiger partial charge in [0, 0.05) is 30.9 Å². The fraction of sp³-hybridized carbons (Fsp3) is 0.500. The molecule has 34 heavy (non-hydrogen) atoms. The van der Waals surface area contributed by atoms with Crippen molar-refractivity contribution in [2.24, 2.45) is 16.5 Å². The third-order valence-electron chi connectivity index (χ3n) is 7.63. The Morgan fingerprint density at radius 1 is 1.21 bits per heavy atom. The minimum absolute atomic E-state index is 0.0137. The molecule has 1 aliphatic carbocycles. The molecule has 4 heterocycles. The second-order valence-electron chi connectivity index (χ2n) is 9.10. The van der Waals surface area contributed by atoms with Crippen molar-refractivity contribution in [2.45, 2.75) is 56.2 Å². The van der Waals surface area contributed by atoms with Crippen LogP contribution in [0.5, 0.6) is 0 Å². The second-order valence-corrected chi connectivity index (χ2v) is 9.10. The molecule has 1 saturated carbocycles. The molecule has 4 bridgehead atoms. The van der Waals surface area contributed by atoms with Gasteiger partial charge in [-0.15, -0.1) is 0 Å². The van der Waals surface area contributed by atoms with Crippen molar-refractivity contribution in [1.29, 1.82) is 5.41 Å². The molecule has 10 nitrogen and oxygen atoms in total. The number of nitrogens with one attached hydrogen (secondary N) is 1. The van der Waals surface area contributed by atoms with Crippen molar-refractivity contribution in [3.05, 3.63) is 35.9 Å². The zero-order valence-corrected chi connectivity index (χ0v) is 18.6. The van der Waals surface area contributed by atoms with E-state index in [-0.39, 0.29) is 49.6 Å². The van der Waals surface area contributed by atoms with E-state index in [0.717, 1.165) is 0 Å². The van der Waals surface area contributed by atoms with Gasteiger partial charge in [0.2, 0.25) is 0 Å². The molecule has 0 aromatic heterocycles. The molecule has 1 spiro atoms. The molecule has 1 N–H and O–H groups in total. The highest BCUT2D eigenvalue weighted by molar-refractivity contribution is 6.18. The van der Waals surface area contributed by atoms with E-state index in [1.165, 1.54) is 12.2 Å². The summed E-state index contributed by atoms with van der Waals surface area (Å²) < 4.78 is 10.6. The van der Waals surface area contributed by atoms with Crippen molar-refractivity contribution in [1.82, 2.24) is 5.06 Å². The summed E-state index contributed by atoms with van der Waals surface area (Å²) in [5, 5.41) is 14.1. The zero-order valence-electron chi connectivity index (χ0n) is 18.6. The van der Waals surface area contributed by atoms with Crippen LogP contribution in [0.1, 0.15) is 48.9 Å². The maximum absolute atomic E-state index is 13.6. The third-order valence-corrected chi connectivity index (χ3v) is 7.63. The quantitative estimate of drug-likeness (QED) is 0.526. The summed E-state index contributed by atoms with van der Waals surface area (Å²) in [5.74, 6) is -3.11. The second kappa shape index (κ2) is 8.12. The molecule has 177 valence electrons. The summed E-state index contributed by atoms with van der Waals surface area (Å²) in [7, 11) is 1.17. The molecule has 2 saturated heterocycles. The number of Topliss-reactive ketones (excluding diaryl/α,β-unsaturated/α-hetero) is 2. The lowest BCUT2D eigenvalue weighted by Crippen LogP contribution is -2.76. The third kappa shape index (κ3) is 2.91. The first-order valence-corrected chi connectivity index (χ1v) is 11.3. The lowest BCUT2D eigenvalue weighted by atomic mass is 9.50. The van der Waals surface area contributed by atoms with Gasteiger partial charge < -0.3 is 14.9 Å². The highest BCUT2D eigenvalue weighted by atomic mass is 16.8. The number of ketones is 2. The highest BCUT2D eigenvalue weighted by Crippen LogP contribution is 2.62. The first kappa shape index (κ1) is 22.4. The number of hydroxylamine groups is 2. The van der Waals surface area contributed by atoms with E-state index in [1.807, 2.05) is 0 Å². The molecular formula is C24H24N3O7. The van der Waals surface area contributed by atoms with Gasteiger partial charge in [0.1, 0.15) is 5.54 Å². The number of methoxy groups -OCH3 is 1. The monoisotopic (exact) mass is 466 g/mol. The van der Waals surface area contributed by atoms with Crippen LogP contribution >= 0.6 is 0 Å². The number of carbonyl (C=O) groups is 4. The minimum atomic E-state index is -1.91. The minimum Gasteiger partial charge on any atom is -0.468 e. The fourth-order valence-corrected chi connectivity index (χ4v) is 6.25. The van der Waals surface area contributed by atoms with Crippen molar-refractivity contribution in [3.8, 4) is 0 Å². The Bertz CT molecular complexity index is 1090. The maximum Gasteiger partial charge on any atom is 0.338 e. The number of ether oxygens (including phenoxy) is 2. The van der Waals surface area contributed by atoms with Crippen LogP contribution in [-0.2, 0) is 28.8 Å². The summed E-state index contributed by atoms with van der Waals surface area (Å²) in [6, 6.07) is 8.03. The van der Waals surface area contributed by atoms with Crippen LogP contribution in [0.3, 0.4) is 0 Å². The standard InChI is InChI=1S/C24H24N3O7/c1-32-22(31)24-17-11-15-9-10-23(24,19(28)7-8-20(24)29)27(15)34-26-13-16(12-18(17)25)33-21(30)14-5-3-2-4-6-14/h2-6,15-17,25H,7-12H2,1H3/t15?,16-,17?,23?,24+/m1/s1. The fourth-order valence-electron chi connectivity index (χ4n) is 6.25. The van der Waals surface area contributed by atoms with E-state index in [2.05, 4.69) is 11.4 Å². The number of esters is 2. The zero-order chi connectivity index (χ0) is 24.1. The van der Waals surface area contributed by atoms with Crippen LogP contribution in [0, 0.1) is 16.7 Å². The lowest BCUT2D eigenvalue weighted by molar-refractivity contribution is -0.272. The van der Waals surface area contributed by atoms with Crippen LogP contribution in [0.25, 0.3) is 0 Å². The smallest absolute Gasteiger partial charge is 0.338 e. The molecule has 4 aliphatic heterocycles. The van der Waals surface area contributed by atoms with Gasteiger partial charge in [-0.25, -0.2) is 4.79 Å².